The van der Waals surface area contributed by atoms with Crippen LogP contribution in [0.5, 0.6) is 0 Å². The molecule has 0 aromatic carbocycles. The molecule has 0 aliphatic rings. The summed E-state index contributed by atoms with van der Waals surface area (Å²) in [6, 6.07) is 2.02. The van der Waals surface area contributed by atoms with E-state index >= 15 is 0 Å². The van der Waals surface area contributed by atoms with Crippen LogP contribution in [0.2, 0.25) is 0 Å². The maximum Gasteiger partial charge on any atom is 0.181 e. The molecule has 0 saturated heterocycles. The van der Waals surface area contributed by atoms with E-state index in [-0.39, 0.29) is 0 Å². The predicted molar refractivity (Wildman–Crippen MR) is 69.9 cm³/mol. The molecule has 3 rings (SSSR count). The molecule has 7 heteroatoms. The van der Waals surface area contributed by atoms with E-state index < -0.39 is 0 Å². The van der Waals surface area contributed by atoms with Gasteiger partial charge in [-0.2, -0.15) is 5.10 Å². The molecule has 7 nitrogen and oxygen atoms in total. The number of rotatable bonds is 3. The van der Waals surface area contributed by atoms with Gasteiger partial charge in [0.25, 0.3) is 0 Å². The summed E-state index contributed by atoms with van der Waals surface area (Å²) in [5.74, 6) is 1.66. The van der Waals surface area contributed by atoms with Gasteiger partial charge >= 0.3 is 0 Å². The van der Waals surface area contributed by atoms with Gasteiger partial charge in [-0.15, -0.1) is 5.10 Å². The molecule has 3 aromatic heterocycles. The van der Waals surface area contributed by atoms with Crippen LogP contribution in [0.3, 0.4) is 0 Å². The van der Waals surface area contributed by atoms with Crippen LogP contribution in [0.15, 0.2) is 24.8 Å². The van der Waals surface area contributed by atoms with Crippen molar-refractivity contribution in [1.29, 1.82) is 0 Å². The normalized spacial score (nSPS) is 11.6. The van der Waals surface area contributed by atoms with Gasteiger partial charge < -0.3 is 5.73 Å². The van der Waals surface area contributed by atoms with Gasteiger partial charge in [-0.05, 0) is 12.0 Å². The molecule has 0 atom stereocenters. The Kier molecular flexibility index (Phi) is 2.75. The molecule has 3 aromatic rings. The van der Waals surface area contributed by atoms with Crippen molar-refractivity contribution >= 4 is 5.52 Å². The van der Waals surface area contributed by atoms with Crippen molar-refractivity contribution in [2.45, 2.75) is 26.3 Å². The highest BCUT2D eigenvalue weighted by Crippen LogP contribution is 2.18. The van der Waals surface area contributed by atoms with Gasteiger partial charge in [0.15, 0.2) is 11.6 Å². The molecule has 0 bridgehead atoms. The number of fused-ring (bicyclic) bond motifs is 1. The van der Waals surface area contributed by atoms with E-state index in [1.54, 1.807) is 17.2 Å². The zero-order valence-corrected chi connectivity index (χ0v) is 10.9. The van der Waals surface area contributed by atoms with Gasteiger partial charge in [-0.3, -0.25) is 0 Å². The minimum absolute atomic E-state index is 0.312. The lowest BCUT2D eigenvalue weighted by Crippen LogP contribution is -2.04. The number of nitrogens with two attached hydrogens (primary N) is 1. The van der Waals surface area contributed by atoms with Gasteiger partial charge in [0, 0.05) is 12.4 Å². The van der Waals surface area contributed by atoms with Crippen LogP contribution >= 0.6 is 0 Å². The van der Waals surface area contributed by atoms with Gasteiger partial charge in [0.05, 0.1) is 12.2 Å². The quantitative estimate of drug-likeness (QED) is 0.753. The Morgan fingerprint density at radius 1 is 1.26 bits per heavy atom. The molecular formula is C12H15N7. The number of nitrogens with zero attached hydrogens (tertiary/aromatic N) is 6. The molecule has 98 valence electrons. The average Bonchev–Trinajstić information content (AvgIpc) is 3.04. The molecule has 0 fully saturated rings. The van der Waals surface area contributed by atoms with Crippen molar-refractivity contribution in [2.24, 2.45) is 5.73 Å². The van der Waals surface area contributed by atoms with Crippen LogP contribution in [0.1, 0.15) is 31.3 Å². The summed E-state index contributed by atoms with van der Waals surface area (Å²) in [5, 5.41) is 8.80. The summed E-state index contributed by atoms with van der Waals surface area (Å²) in [4.78, 5) is 8.47. The minimum atomic E-state index is 0.312. The highest BCUT2D eigenvalue weighted by molar-refractivity contribution is 5.60. The smallest absolute Gasteiger partial charge is 0.181 e. The van der Waals surface area contributed by atoms with Crippen LogP contribution in [0.25, 0.3) is 11.3 Å². The standard InChI is InChI=1S/C12H15N7/c1-8(2)9-5-10-12(14-3-4-18(10)16-9)19-7-15-11(6-13)17-19/h3-5,7-8H,6,13H2,1-2H3. The first-order chi connectivity index (χ1) is 9.19. The van der Waals surface area contributed by atoms with Crippen molar-refractivity contribution in [3.8, 4) is 5.82 Å². The lowest BCUT2D eigenvalue weighted by atomic mass is 10.1. The maximum absolute atomic E-state index is 5.52. The van der Waals surface area contributed by atoms with E-state index in [1.807, 2.05) is 16.8 Å². The Labute approximate surface area is 110 Å². The van der Waals surface area contributed by atoms with Gasteiger partial charge in [-0.1, -0.05) is 13.8 Å². The highest BCUT2D eigenvalue weighted by Gasteiger charge is 2.12. The molecule has 0 saturated carbocycles. The van der Waals surface area contributed by atoms with E-state index in [1.165, 1.54) is 0 Å². The van der Waals surface area contributed by atoms with E-state index in [4.69, 9.17) is 5.73 Å². The van der Waals surface area contributed by atoms with Gasteiger partial charge in [0.1, 0.15) is 11.8 Å². The molecule has 2 N–H and O–H groups in total. The highest BCUT2D eigenvalue weighted by atomic mass is 15.4. The summed E-state index contributed by atoms with van der Waals surface area (Å²) in [5.41, 5.74) is 7.45. The second-order valence-corrected chi connectivity index (χ2v) is 4.61. The second-order valence-electron chi connectivity index (χ2n) is 4.61. The van der Waals surface area contributed by atoms with E-state index in [2.05, 4.69) is 34.0 Å². The summed E-state index contributed by atoms with van der Waals surface area (Å²) in [7, 11) is 0. The molecule has 0 aliphatic heterocycles. The first kappa shape index (κ1) is 11.8. The van der Waals surface area contributed by atoms with Gasteiger partial charge in [0.2, 0.25) is 0 Å². The fourth-order valence-corrected chi connectivity index (χ4v) is 1.88. The molecule has 0 amide bonds. The molecule has 19 heavy (non-hydrogen) atoms. The van der Waals surface area contributed by atoms with Crippen LogP contribution in [0.4, 0.5) is 0 Å². The summed E-state index contributed by atoms with van der Waals surface area (Å²) < 4.78 is 3.44. The van der Waals surface area contributed by atoms with Crippen LogP contribution in [-0.4, -0.2) is 29.4 Å². The Morgan fingerprint density at radius 2 is 2.11 bits per heavy atom. The second kappa shape index (κ2) is 4.43. The fraction of sp³-hybridized carbons (Fsp3) is 0.333. The average molecular weight is 257 g/mol. The Morgan fingerprint density at radius 3 is 2.79 bits per heavy atom. The number of aromatic nitrogens is 6. The zero-order valence-electron chi connectivity index (χ0n) is 10.9. The van der Waals surface area contributed by atoms with E-state index in [0.717, 1.165) is 11.2 Å². The Hall–Kier alpha value is -2.28. The number of hydrogen-bond acceptors (Lipinski definition) is 5. The monoisotopic (exact) mass is 257 g/mol. The Bertz CT molecular complexity index is 710. The summed E-state index contributed by atoms with van der Waals surface area (Å²) in [6.45, 7) is 4.53. The summed E-state index contributed by atoms with van der Waals surface area (Å²) >= 11 is 0. The lowest BCUT2D eigenvalue weighted by molar-refractivity contribution is 0.777. The summed E-state index contributed by atoms with van der Waals surface area (Å²) in [6.07, 6.45) is 5.14. The first-order valence-electron chi connectivity index (χ1n) is 6.14. The maximum atomic E-state index is 5.52. The van der Waals surface area contributed by atoms with Crippen molar-refractivity contribution < 1.29 is 0 Å². The van der Waals surface area contributed by atoms with E-state index in [9.17, 15) is 0 Å². The topological polar surface area (TPSA) is 86.9 Å². The SMILES string of the molecule is CC(C)c1cc2c(-n3cnc(CN)n3)nccn2n1. The largest absolute Gasteiger partial charge is 0.324 e. The van der Waals surface area contributed by atoms with Crippen molar-refractivity contribution in [3.05, 3.63) is 36.3 Å². The van der Waals surface area contributed by atoms with Crippen LogP contribution in [-0.2, 0) is 6.54 Å². The predicted octanol–water partition coefficient (Wildman–Crippen LogP) is 0.892. The van der Waals surface area contributed by atoms with Gasteiger partial charge in [-0.25, -0.2) is 19.2 Å². The van der Waals surface area contributed by atoms with Crippen molar-refractivity contribution in [1.82, 2.24) is 29.4 Å². The molecular weight excluding hydrogens is 242 g/mol. The minimum Gasteiger partial charge on any atom is -0.324 e. The van der Waals surface area contributed by atoms with E-state index in [0.29, 0.717) is 24.1 Å². The lowest BCUT2D eigenvalue weighted by Gasteiger charge is -2.00. The molecule has 0 aliphatic carbocycles. The molecule has 0 spiro atoms. The van der Waals surface area contributed by atoms with Crippen molar-refractivity contribution in [3.63, 3.8) is 0 Å². The third-order valence-corrected chi connectivity index (χ3v) is 2.92. The zero-order chi connectivity index (χ0) is 13.4. The van der Waals surface area contributed by atoms with Crippen LogP contribution in [0, 0.1) is 0 Å². The van der Waals surface area contributed by atoms with Crippen LogP contribution < -0.4 is 5.73 Å². The fourth-order valence-electron chi connectivity index (χ4n) is 1.88. The molecule has 3 heterocycles. The first-order valence-corrected chi connectivity index (χ1v) is 6.14. The molecule has 0 unspecified atom stereocenters. The third kappa shape index (κ3) is 1.97. The number of hydrogen-bond donors (Lipinski definition) is 1. The third-order valence-electron chi connectivity index (χ3n) is 2.92. The van der Waals surface area contributed by atoms with Crippen molar-refractivity contribution in [2.75, 3.05) is 0 Å². The molecule has 0 radical (unpaired) electrons. The Balaban J connectivity index is 2.17.